The number of rotatable bonds is 2. The van der Waals surface area contributed by atoms with Crippen LogP contribution in [0.25, 0.3) is 10.9 Å². The Morgan fingerprint density at radius 1 is 1.40 bits per heavy atom. The number of H-pyrrole nitrogens is 1. The van der Waals surface area contributed by atoms with Crippen molar-refractivity contribution in [2.45, 2.75) is 19.4 Å². The van der Waals surface area contributed by atoms with E-state index >= 15 is 0 Å². The maximum atomic E-state index is 5.72. The lowest BCUT2D eigenvalue weighted by Gasteiger charge is -2.04. The van der Waals surface area contributed by atoms with E-state index in [1.54, 1.807) is 0 Å². The van der Waals surface area contributed by atoms with Crippen molar-refractivity contribution in [3.63, 3.8) is 0 Å². The zero-order valence-corrected chi connectivity index (χ0v) is 10.1. The van der Waals surface area contributed by atoms with E-state index in [1.165, 1.54) is 5.56 Å². The Labute approximate surface area is 101 Å². The molecule has 84 valence electrons. The molecule has 1 aromatic heterocycles. The number of aromatic nitrogens is 2. The fraction of sp³-hybridized carbons (Fsp3) is 0.300. The van der Waals surface area contributed by atoms with Gasteiger partial charge in [-0.1, -0.05) is 6.07 Å². The number of hydrogen-bond donors (Lipinski definition) is 2. The molecule has 1 unspecified atom stereocenters. The molecule has 0 radical (unpaired) electrons. The van der Waals surface area contributed by atoms with Crippen LogP contribution in [0.1, 0.15) is 12.5 Å². The molecule has 0 aliphatic carbocycles. The van der Waals surface area contributed by atoms with E-state index in [2.05, 4.69) is 22.3 Å². The molecule has 2 rings (SSSR count). The smallest absolute Gasteiger partial charge is 0.0650 e. The highest BCUT2D eigenvalue weighted by atomic mass is 35.5. The van der Waals surface area contributed by atoms with E-state index in [0.29, 0.717) is 0 Å². The number of halogens is 2. The van der Waals surface area contributed by atoms with Gasteiger partial charge in [0, 0.05) is 11.4 Å². The Morgan fingerprint density at radius 2 is 2.13 bits per heavy atom. The molecule has 0 spiro atoms. The highest BCUT2D eigenvalue weighted by molar-refractivity contribution is 5.85. The van der Waals surface area contributed by atoms with Crippen LogP contribution >= 0.6 is 24.8 Å². The Morgan fingerprint density at radius 3 is 2.80 bits per heavy atom. The van der Waals surface area contributed by atoms with Crippen LogP contribution in [-0.4, -0.2) is 16.2 Å². The summed E-state index contributed by atoms with van der Waals surface area (Å²) in [6.07, 6.45) is 2.75. The predicted octanol–water partition coefficient (Wildman–Crippen LogP) is 2.30. The monoisotopic (exact) mass is 247 g/mol. The van der Waals surface area contributed by atoms with Crippen LogP contribution in [0.4, 0.5) is 0 Å². The average molecular weight is 248 g/mol. The van der Waals surface area contributed by atoms with Crippen LogP contribution in [0.5, 0.6) is 0 Å². The predicted molar refractivity (Wildman–Crippen MR) is 67.9 cm³/mol. The Balaban J connectivity index is 0.000000980. The molecule has 5 heteroatoms. The largest absolute Gasteiger partial charge is 0.328 e. The molecule has 0 saturated carbocycles. The van der Waals surface area contributed by atoms with Crippen molar-refractivity contribution in [2.24, 2.45) is 5.73 Å². The highest BCUT2D eigenvalue weighted by Crippen LogP contribution is 2.13. The normalized spacial score (nSPS) is 11.6. The van der Waals surface area contributed by atoms with Gasteiger partial charge in [-0.3, -0.25) is 5.10 Å². The minimum Gasteiger partial charge on any atom is -0.328 e. The number of aromatic amines is 1. The molecule has 15 heavy (non-hydrogen) atoms. The lowest BCUT2D eigenvalue weighted by Crippen LogP contribution is -2.17. The van der Waals surface area contributed by atoms with E-state index < -0.39 is 0 Å². The molecule has 0 aliphatic rings. The van der Waals surface area contributed by atoms with Crippen LogP contribution in [0.2, 0.25) is 0 Å². The molecule has 0 saturated heterocycles. The van der Waals surface area contributed by atoms with Crippen LogP contribution in [-0.2, 0) is 6.42 Å². The number of hydrogen-bond acceptors (Lipinski definition) is 2. The molecule has 3 N–H and O–H groups in total. The Hall–Kier alpha value is -0.770. The molecule has 0 bridgehead atoms. The fourth-order valence-corrected chi connectivity index (χ4v) is 1.49. The van der Waals surface area contributed by atoms with Gasteiger partial charge in [-0.2, -0.15) is 5.10 Å². The first kappa shape index (κ1) is 14.2. The summed E-state index contributed by atoms with van der Waals surface area (Å²) in [4.78, 5) is 0. The van der Waals surface area contributed by atoms with Crippen molar-refractivity contribution < 1.29 is 0 Å². The first-order chi connectivity index (χ1) is 6.25. The lowest BCUT2D eigenvalue weighted by molar-refractivity contribution is 0.739. The zero-order valence-electron chi connectivity index (χ0n) is 8.43. The van der Waals surface area contributed by atoms with Gasteiger partial charge in [0.2, 0.25) is 0 Å². The van der Waals surface area contributed by atoms with Crippen molar-refractivity contribution in [2.75, 3.05) is 0 Å². The quantitative estimate of drug-likeness (QED) is 0.856. The second-order valence-corrected chi connectivity index (χ2v) is 3.47. The number of fused-ring (bicyclic) bond motifs is 1. The van der Waals surface area contributed by atoms with Crippen LogP contribution in [0, 0.1) is 0 Å². The first-order valence-corrected chi connectivity index (χ1v) is 4.43. The van der Waals surface area contributed by atoms with E-state index in [4.69, 9.17) is 5.73 Å². The van der Waals surface area contributed by atoms with E-state index in [0.717, 1.165) is 17.3 Å². The first-order valence-electron chi connectivity index (χ1n) is 4.43. The van der Waals surface area contributed by atoms with Crippen molar-refractivity contribution in [1.82, 2.24) is 10.2 Å². The average Bonchev–Trinajstić information content (AvgIpc) is 2.49. The third-order valence-electron chi connectivity index (χ3n) is 2.06. The van der Waals surface area contributed by atoms with Crippen LogP contribution in [0.15, 0.2) is 24.4 Å². The minimum absolute atomic E-state index is 0. The summed E-state index contributed by atoms with van der Waals surface area (Å²) in [5.41, 5.74) is 8.07. The van der Waals surface area contributed by atoms with Gasteiger partial charge in [0.15, 0.2) is 0 Å². The third-order valence-corrected chi connectivity index (χ3v) is 2.06. The summed E-state index contributed by atoms with van der Waals surface area (Å²) < 4.78 is 0. The summed E-state index contributed by atoms with van der Waals surface area (Å²) >= 11 is 0. The van der Waals surface area contributed by atoms with Gasteiger partial charge in [0.25, 0.3) is 0 Å². The molecule has 1 aromatic carbocycles. The van der Waals surface area contributed by atoms with Crippen molar-refractivity contribution in [3.05, 3.63) is 30.0 Å². The topological polar surface area (TPSA) is 54.7 Å². The molecular formula is C10H15Cl2N3. The van der Waals surface area contributed by atoms with Crippen LogP contribution in [0.3, 0.4) is 0 Å². The van der Waals surface area contributed by atoms with Gasteiger partial charge in [-0.05, 0) is 31.0 Å². The van der Waals surface area contributed by atoms with Crippen molar-refractivity contribution in [3.8, 4) is 0 Å². The van der Waals surface area contributed by atoms with E-state index in [9.17, 15) is 0 Å². The Bertz CT molecular complexity index is 412. The maximum Gasteiger partial charge on any atom is 0.0650 e. The fourth-order valence-electron chi connectivity index (χ4n) is 1.49. The summed E-state index contributed by atoms with van der Waals surface area (Å²) in [7, 11) is 0. The number of benzene rings is 1. The van der Waals surface area contributed by atoms with Gasteiger partial charge >= 0.3 is 0 Å². The van der Waals surface area contributed by atoms with E-state index in [1.807, 2.05) is 19.2 Å². The number of nitrogens with zero attached hydrogens (tertiary/aromatic N) is 1. The van der Waals surface area contributed by atoms with Crippen molar-refractivity contribution in [1.29, 1.82) is 0 Å². The molecule has 1 atom stereocenters. The second-order valence-electron chi connectivity index (χ2n) is 3.47. The SMILES string of the molecule is CC(N)Cc1ccc2[nH]ncc2c1.Cl.Cl. The van der Waals surface area contributed by atoms with Gasteiger partial charge in [-0.25, -0.2) is 0 Å². The van der Waals surface area contributed by atoms with Crippen molar-refractivity contribution >= 4 is 35.7 Å². The third kappa shape index (κ3) is 3.38. The molecule has 1 heterocycles. The molecule has 3 nitrogen and oxygen atoms in total. The summed E-state index contributed by atoms with van der Waals surface area (Å²) in [5, 5.41) is 8.04. The number of nitrogens with one attached hydrogen (secondary N) is 1. The van der Waals surface area contributed by atoms with Gasteiger partial charge in [-0.15, -0.1) is 24.8 Å². The van der Waals surface area contributed by atoms with Gasteiger partial charge in [0.05, 0.1) is 11.7 Å². The molecule has 0 fully saturated rings. The summed E-state index contributed by atoms with van der Waals surface area (Å²) in [5.74, 6) is 0. The standard InChI is InChI=1S/C10H13N3.2ClH/c1-7(11)4-8-2-3-10-9(5-8)6-12-13-10;;/h2-3,5-7H,4,11H2,1H3,(H,12,13);2*1H. The molecule has 2 aromatic rings. The summed E-state index contributed by atoms with van der Waals surface area (Å²) in [6.45, 7) is 2.01. The zero-order chi connectivity index (χ0) is 9.26. The van der Waals surface area contributed by atoms with Gasteiger partial charge < -0.3 is 5.73 Å². The second kappa shape index (κ2) is 5.95. The lowest BCUT2D eigenvalue weighted by atomic mass is 10.1. The maximum absolute atomic E-state index is 5.72. The molecule has 0 aliphatic heterocycles. The summed E-state index contributed by atoms with van der Waals surface area (Å²) in [6, 6.07) is 6.47. The van der Waals surface area contributed by atoms with E-state index in [-0.39, 0.29) is 30.9 Å². The minimum atomic E-state index is 0. The molecular weight excluding hydrogens is 233 g/mol. The number of nitrogens with two attached hydrogens (primary N) is 1. The Kier molecular flexibility index (Phi) is 5.65. The van der Waals surface area contributed by atoms with Crippen LogP contribution < -0.4 is 5.73 Å². The van der Waals surface area contributed by atoms with Gasteiger partial charge in [0.1, 0.15) is 0 Å². The molecule has 0 amide bonds. The highest BCUT2D eigenvalue weighted by Gasteiger charge is 2.00.